The number of methoxy groups -OCH3 is 1. The molecular weight excluding hydrogens is 228 g/mol. The Bertz CT molecular complexity index is 522. The third-order valence-corrected chi connectivity index (χ3v) is 3.24. The van der Waals surface area contributed by atoms with E-state index in [0.717, 1.165) is 22.6 Å². The summed E-state index contributed by atoms with van der Waals surface area (Å²) in [6.07, 6.45) is 1.72. The molecule has 96 valence electrons. The Kier molecular flexibility index (Phi) is 3.62. The maximum absolute atomic E-state index is 5.54. The van der Waals surface area contributed by atoms with E-state index in [0.29, 0.717) is 0 Å². The Balaban J connectivity index is 2.52. The minimum absolute atomic E-state index is 0.0296. The monoisotopic (exact) mass is 246 g/mol. The predicted molar refractivity (Wildman–Crippen MR) is 69.8 cm³/mol. The molecule has 18 heavy (non-hydrogen) atoms. The van der Waals surface area contributed by atoms with Gasteiger partial charge in [0.15, 0.2) is 0 Å². The number of hydrogen-bond acceptors (Lipinski definition) is 4. The van der Waals surface area contributed by atoms with E-state index in [4.69, 9.17) is 4.74 Å². The fourth-order valence-corrected chi connectivity index (χ4v) is 2.12. The van der Waals surface area contributed by atoms with Crippen LogP contribution in [0.3, 0.4) is 0 Å². The second-order valence-corrected chi connectivity index (χ2v) is 4.25. The molecule has 2 rings (SSSR count). The minimum Gasteiger partial charge on any atom is -0.496 e. The maximum Gasteiger partial charge on any atom is 0.127 e. The number of benzene rings is 1. The molecule has 2 aromatic rings. The molecule has 0 spiro atoms. The average Bonchev–Trinajstić information content (AvgIpc) is 2.89. The molecule has 0 saturated heterocycles. The predicted octanol–water partition coefficient (Wildman–Crippen LogP) is 1.74. The molecule has 2 N–H and O–H groups in total. The third-order valence-electron chi connectivity index (χ3n) is 3.24. The van der Waals surface area contributed by atoms with Crippen molar-refractivity contribution in [2.45, 2.75) is 19.9 Å². The van der Waals surface area contributed by atoms with Crippen LogP contribution in [0.2, 0.25) is 0 Å². The van der Waals surface area contributed by atoms with Crippen LogP contribution in [-0.2, 0) is 0 Å². The Hall–Kier alpha value is -1.88. The molecule has 5 nitrogen and oxygen atoms in total. The maximum atomic E-state index is 5.54. The number of hydrogen-bond donors (Lipinski definition) is 2. The minimum atomic E-state index is -0.0296. The van der Waals surface area contributed by atoms with E-state index in [2.05, 4.69) is 46.7 Å². The van der Waals surface area contributed by atoms with E-state index < -0.39 is 0 Å². The van der Waals surface area contributed by atoms with Gasteiger partial charge in [0.25, 0.3) is 0 Å². The van der Waals surface area contributed by atoms with Crippen LogP contribution in [0.5, 0.6) is 5.75 Å². The highest BCUT2D eigenvalue weighted by Gasteiger charge is 2.20. The second-order valence-electron chi connectivity index (χ2n) is 4.25. The van der Waals surface area contributed by atoms with E-state index in [9.17, 15) is 0 Å². The number of H-pyrrole nitrogens is 1. The van der Waals surface area contributed by atoms with Crippen molar-refractivity contribution in [3.63, 3.8) is 0 Å². The number of rotatable bonds is 4. The summed E-state index contributed by atoms with van der Waals surface area (Å²) in [7, 11) is 3.59. The summed E-state index contributed by atoms with van der Waals surface area (Å²) < 4.78 is 5.54. The van der Waals surface area contributed by atoms with Gasteiger partial charge in [0, 0.05) is 5.56 Å². The van der Waals surface area contributed by atoms with E-state index >= 15 is 0 Å². The second kappa shape index (κ2) is 5.18. The zero-order valence-corrected chi connectivity index (χ0v) is 11.1. The summed E-state index contributed by atoms with van der Waals surface area (Å²) in [6.45, 7) is 4.14. The third kappa shape index (κ3) is 2.09. The molecule has 1 aromatic carbocycles. The van der Waals surface area contributed by atoms with Crippen LogP contribution in [-0.4, -0.2) is 29.6 Å². The van der Waals surface area contributed by atoms with Crippen LogP contribution in [0.25, 0.3) is 0 Å². The number of nitrogens with one attached hydrogen (secondary N) is 2. The van der Waals surface area contributed by atoms with Gasteiger partial charge in [-0.25, -0.2) is 0 Å². The zero-order valence-electron chi connectivity index (χ0n) is 11.1. The molecule has 0 saturated carbocycles. The summed E-state index contributed by atoms with van der Waals surface area (Å²) in [5.74, 6) is 0.900. The molecule has 1 unspecified atom stereocenters. The van der Waals surface area contributed by atoms with E-state index in [1.807, 2.05) is 7.05 Å². The lowest BCUT2D eigenvalue weighted by Gasteiger charge is -2.19. The van der Waals surface area contributed by atoms with Crippen LogP contribution in [0.4, 0.5) is 0 Å². The number of ether oxygens (including phenoxy) is 1. The Morgan fingerprint density at radius 2 is 2.11 bits per heavy atom. The highest BCUT2D eigenvalue weighted by atomic mass is 16.5. The fraction of sp³-hybridized carbons (Fsp3) is 0.385. The Morgan fingerprint density at radius 3 is 2.67 bits per heavy atom. The zero-order chi connectivity index (χ0) is 13.1. The summed E-state index contributed by atoms with van der Waals surface area (Å²) in [5, 5.41) is 13.9. The smallest absolute Gasteiger partial charge is 0.127 e. The van der Waals surface area contributed by atoms with Crippen molar-refractivity contribution in [3.8, 4) is 5.75 Å². The molecule has 0 radical (unpaired) electrons. The van der Waals surface area contributed by atoms with Crippen molar-refractivity contribution < 1.29 is 4.74 Å². The molecule has 0 aliphatic rings. The lowest BCUT2D eigenvalue weighted by molar-refractivity contribution is 0.401. The number of nitrogens with zero attached hydrogens (tertiary/aromatic N) is 2. The molecule has 0 aliphatic carbocycles. The molecular formula is C13H18N4O. The van der Waals surface area contributed by atoms with Crippen LogP contribution in [0.15, 0.2) is 18.3 Å². The molecule has 0 fully saturated rings. The SMILES string of the molecule is CNC(c1cn[nH]n1)c1ccc(C)c(C)c1OC. The normalized spacial score (nSPS) is 12.4. The van der Waals surface area contributed by atoms with Gasteiger partial charge < -0.3 is 10.1 Å². The number of aromatic nitrogens is 3. The van der Waals surface area contributed by atoms with Gasteiger partial charge in [-0.1, -0.05) is 12.1 Å². The van der Waals surface area contributed by atoms with Gasteiger partial charge in [0.1, 0.15) is 11.4 Å². The summed E-state index contributed by atoms with van der Waals surface area (Å²) in [4.78, 5) is 0. The largest absolute Gasteiger partial charge is 0.496 e. The van der Waals surface area contributed by atoms with E-state index in [-0.39, 0.29) is 6.04 Å². The van der Waals surface area contributed by atoms with Gasteiger partial charge in [-0.15, -0.1) is 0 Å². The van der Waals surface area contributed by atoms with E-state index in [1.54, 1.807) is 13.3 Å². The molecule has 1 heterocycles. The van der Waals surface area contributed by atoms with Gasteiger partial charge in [0.2, 0.25) is 0 Å². The summed E-state index contributed by atoms with van der Waals surface area (Å²) in [5.41, 5.74) is 4.28. The lowest BCUT2D eigenvalue weighted by atomic mass is 9.97. The highest BCUT2D eigenvalue weighted by Crippen LogP contribution is 2.32. The Labute approximate surface area is 107 Å². The molecule has 0 aliphatic heterocycles. The van der Waals surface area contributed by atoms with Crippen LogP contribution in [0, 0.1) is 13.8 Å². The van der Waals surface area contributed by atoms with Gasteiger partial charge in [-0.2, -0.15) is 15.4 Å². The fourth-order valence-electron chi connectivity index (χ4n) is 2.12. The molecule has 0 bridgehead atoms. The first-order valence-corrected chi connectivity index (χ1v) is 5.86. The number of aromatic amines is 1. The average molecular weight is 246 g/mol. The van der Waals surface area contributed by atoms with Crippen molar-refractivity contribution >= 4 is 0 Å². The van der Waals surface area contributed by atoms with Crippen LogP contribution < -0.4 is 10.1 Å². The summed E-state index contributed by atoms with van der Waals surface area (Å²) in [6, 6.07) is 4.13. The van der Waals surface area contributed by atoms with Crippen molar-refractivity contribution in [1.82, 2.24) is 20.7 Å². The van der Waals surface area contributed by atoms with Crippen molar-refractivity contribution in [2.75, 3.05) is 14.2 Å². The first kappa shape index (κ1) is 12.6. The van der Waals surface area contributed by atoms with Crippen molar-refractivity contribution in [2.24, 2.45) is 0 Å². The number of aryl methyl sites for hydroxylation is 1. The van der Waals surface area contributed by atoms with Gasteiger partial charge in [-0.05, 0) is 32.0 Å². The highest BCUT2D eigenvalue weighted by molar-refractivity contribution is 5.48. The van der Waals surface area contributed by atoms with Crippen LogP contribution >= 0.6 is 0 Å². The van der Waals surface area contributed by atoms with E-state index in [1.165, 1.54) is 5.56 Å². The lowest BCUT2D eigenvalue weighted by Crippen LogP contribution is -2.19. The van der Waals surface area contributed by atoms with Gasteiger partial charge in [-0.3, -0.25) is 0 Å². The first-order chi connectivity index (χ1) is 8.69. The van der Waals surface area contributed by atoms with Crippen molar-refractivity contribution in [1.29, 1.82) is 0 Å². The Morgan fingerprint density at radius 1 is 1.33 bits per heavy atom. The quantitative estimate of drug-likeness (QED) is 0.862. The molecule has 1 atom stereocenters. The molecule has 0 amide bonds. The summed E-state index contributed by atoms with van der Waals surface area (Å²) >= 11 is 0. The first-order valence-electron chi connectivity index (χ1n) is 5.86. The standard InChI is InChI=1S/C13H18N4O/c1-8-5-6-10(13(18-4)9(8)2)12(14-3)11-7-15-17-16-11/h5-7,12,14H,1-4H3,(H,15,16,17). The van der Waals surface area contributed by atoms with Crippen molar-refractivity contribution in [3.05, 3.63) is 40.7 Å². The van der Waals surface area contributed by atoms with Crippen LogP contribution in [0.1, 0.15) is 28.4 Å². The molecule has 1 aromatic heterocycles. The van der Waals surface area contributed by atoms with Gasteiger partial charge in [0.05, 0.1) is 19.3 Å². The molecule has 5 heteroatoms. The topological polar surface area (TPSA) is 62.8 Å². The van der Waals surface area contributed by atoms with Gasteiger partial charge >= 0.3 is 0 Å².